The van der Waals surface area contributed by atoms with Crippen molar-refractivity contribution < 1.29 is 4.79 Å². The van der Waals surface area contributed by atoms with Gasteiger partial charge < -0.3 is 20.4 Å². The molecule has 2 aliphatic rings. The Labute approximate surface area is 214 Å². The van der Waals surface area contributed by atoms with E-state index in [1.165, 1.54) is 22.4 Å². The van der Waals surface area contributed by atoms with E-state index >= 15 is 0 Å². The summed E-state index contributed by atoms with van der Waals surface area (Å²) in [6.45, 7) is 9.27. The van der Waals surface area contributed by atoms with Crippen LogP contribution in [-0.2, 0) is 17.9 Å². The molecule has 2 heterocycles. The van der Waals surface area contributed by atoms with E-state index in [-0.39, 0.29) is 29.9 Å². The van der Waals surface area contributed by atoms with E-state index in [0.29, 0.717) is 25.6 Å². The normalized spacial score (nSPS) is 18.4. The van der Waals surface area contributed by atoms with Crippen molar-refractivity contribution in [1.29, 1.82) is 0 Å². The third-order valence-electron chi connectivity index (χ3n) is 6.23. The number of amides is 1. The number of hydrogen-bond acceptors (Lipinski definition) is 3. The maximum absolute atomic E-state index is 11.9. The Bertz CT molecular complexity index is 946. The standard InChI is InChI=1S/C26H35N5O.HI/c1-3-27-26(29-23-13-15-30(19-23)24-11-9-20(2)10-12-24)28-17-21-6-4-7-22(16-21)18-31-14-5-8-25(31)32;/h4,6-7,9-12,16,23H,3,5,8,13-15,17-19H2,1-2H3,(H2,27,28,29);1H. The fourth-order valence-electron chi connectivity index (χ4n) is 4.47. The molecule has 33 heavy (non-hydrogen) atoms. The number of rotatable bonds is 7. The Morgan fingerprint density at radius 1 is 1.12 bits per heavy atom. The molecule has 0 aliphatic carbocycles. The van der Waals surface area contributed by atoms with Gasteiger partial charge in [-0.25, -0.2) is 4.99 Å². The van der Waals surface area contributed by atoms with Crippen LogP contribution in [0.2, 0.25) is 0 Å². The van der Waals surface area contributed by atoms with Crippen LogP contribution in [0.5, 0.6) is 0 Å². The number of anilines is 1. The number of aryl methyl sites for hydroxylation is 1. The monoisotopic (exact) mass is 561 g/mol. The van der Waals surface area contributed by atoms with Crippen LogP contribution in [0.4, 0.5) is 5.69 Å². The molecule has 4 rings (SSSR count). The van der Waals surface area contributed by atoms with Gasteiger partial charge in [-0.1, -0.05) is 42.0 Å². The fourth-order valence-corrected chi connectivity index (χ4v) is 4.47. The first kappa shape index (κ1) is 25.3. The molecule has 0 bridgehead atoms. The van der Waals surface area contributed by atoms with Crippen LogP contribution >= 0.6 is 24.0 Å². The topological polar surface area (TPSA) is 60.0 Å². The number of aliphatic imine (C=N–C) groups is 1. The van der Waals surface area contributed by atoms with Gasteiger partial charge in [0.05, 0.1) is 6.54 Å². The lowest BCUT2D eigenvalue weighted by Crippen LogP contribution is -2.44. The van der Waals surface area contributed by atoms with Gasteiger partial charge in [0.25, 0.3) is 0 Å². The Kier molecular flexibility index (Phi) is 9.41. The van der Waals surface area contributed by atoms with Gasteiger partial charge >= 0.3 is 0 Å². The number of nitrogens with one attached hydrogen (secondary N) is 2. The fraction of sp³-hybridized carbons (Fsp3) is 0.462. The first-order valence-electron chi connectivity index (χ1n) is 11.8. The molecule has 7 heteroatoms. The summed E-state index contributed by atoms with van der Waals surface area (Å²) < 4.78 is 0. The second-order valence-electron chi connectivity index (χ2n) is 8.85. The number of hydrogen-bond donors (Lipinski definition) is 2. The SMILES string of the molecule is CCNC(=NCc1cccc(CN2CCCC2=O)c1)NC1CCN(c2ccc(C)cc2)C1.I. The molecular formula is C26H36IN5O. The van der Waals surface area contributed by atoms with E-state index in [9.17, 15) is 4.79 Å². The average Bonchev–Trinajstić information content (AvgIpc) is 3.42. The molecule has 0 saturated carbocycles. The van der Waals surface area contributed by atoms with E-state index in [0.717, 1.165) is 45.0 Å². The van der Waals surface area contributed by atoms with Gasteiger partial charge in [-0.3, -0.25) is 4.79 Å². The largest absolute Gasteiger partial charge is 0.369 e. The van der Waals surface area contributed by atoms with E-state index in [1.54, 1.807) is 0 Å². The minimum atomic E-state index is 0. The van der Waals surface area contributed by atoms with Gasteiger partial charge in [0.15, 0.2) is 5.96 Å². The summed E-state index contributed by atoms with van der Waals surface area (Å²) in [5.41, 5.74) is 4.92. The van der Waals surface area contributed by atoms with Gasteiger partial charge in [0.2, 0.25) is 5.91 Å². The van der Waals surface area contributed by atoms with Crippen LogP contribution in [0, 0.1) is 6.92 Å². The summed E-state index contributed by atoms with van der Waals surface area (Å²) in [7, 11) is 0. The zero-order valence-electron chi connectivity index (χ0n) is 19.7. The van der Waals surface area contributed by atoms with E-state index in [4.69, 9.17) is 4.99 Å². The summed E-state index contributed by atoms with van der Waals surface area (Å²) in [5.74, 6) is 1.13. The highest BCUT2D eigenvalue weighted by molar-refractivity contribution is 14.0. The quantitative estimate of drug-likeness (QED) is 0.304. The first-order chi connectivity index (χ1) is 15.6. The molecule has 2 aromatic carbocycles. The number of likely N-dealkylation sites (tertiary alicyclic amines) is 1. The van der Waals surface area contributed by atoms with Crippen molar-refractivity contribution in [3.05, 3.63) is 65.2 Å². The molecule has 2 fully saturated rings. The molecule has 6 nitrogen and oxygen atoms in total. The Morgan fingerprint density at radius 2 is 1.91 bits per heavy atom. The number of halogens is 1. The predicted octanol–water partition coefficient (Wildman–Crippen LogP) is 4.07. The molecule has 0 radical (unpaired) electrons. The second kappa shape index (κ2) is 12.3. The van der Waals surface area contributed by atoms with Crippen LogP contribution in [-0.4, -0.2) is 49.0 Å². The highest BCUT2D eigenvalue weighted by atomic mass is 127. The maximum Gasteiger partial charge on any atom is 0.222 e. The van der Waals surface area contributed by atoms with E-state index in [2.05, 4.69) is 77.9 Å². The summed E-state index contributed by atoms with van der Waals surface area (Å²) in [4.78, 5) is 21.2. The summed E-state index contributed by atoms with van der Waals surface area (Å²) in [6, 6.07) is 17.6. The van der Waals surface area contributed by atoms with Crippen molar-refractivity contribution in [3.8, 4) is 0 Å². The molecule has 2 N–H and O–H groups in total. The number of carbonyl (C=O) groups excluding carboxylic acids is 1. The Morgan fingerprint density at radius 3 is 2.64 bits per heavy atom. The van der Waals surface area contributed by atoms with Crippen molar-refractivity contribution >= 4 is 41.5 Å². The third-order valence-corrected chi connectivity index (χ3v) is 6.23. The van der Waals surface area contributed by atoms with Gasteiger partial charge in [0, 0.05) is 50.9 Å². The van der Waals surface area contributed by atoms with Crippen molar-refractivity contribution in [1.82, 2.24) is 15.5 Å². The Balaban J connectivity index is 0.00000306. The summed E-state index contributed by atoms with van der Waals surface area (Å²) >= 11 is 0. The molecular weight excluding hydrogens is 525 g/mol. The zero-order chi connectivity index (χ0) is 22.3. The average molecular weight is 562 g/mol. The summed E-state index contributed by atoms with van der Waals surface area (Å²) in [5, 5.41) is 7.01. The van der Waals surface area contributed by atoms with Gasteiger partial charge in [0.1, 0.15) is 0 Å². The lowest BCUT2D eigenvalue weighted by Gasteiger charge is -2.20. The van der Waals surface area contributed by atoms with Crippen LogP contribution in [0.3, 0.4) is 0 Å². The van der Waals surface area contributed by atoms with Crippen molar-refractivity contribution in [2.45, 2.75) is 52.2 Å². The molecule has 0 aromatic heterocycles. The van der Waals surface area contributed by atoms with Gasteiger partial charge in [-0.05, 0) is 49.9 Å². The van der Waals surface area contributed by atoms with Gasteiger partial charge in [-0.2, -0.15) is 0 Å². The molecule has 2 saturated heterocycles. The summed E-state index contributed by atoms with van der Waals surface area (Å²) in [6.07, 6.45) is 2.75. The molecule has 0 spiro atoms. The lowest BCUT2D eigenvalue weighted by atomic mass is 10.1. The Hall–Kier alpha value is -2.29. The van der Waals surface area contributed by atoms with E-state index in [1.807, 2.05) is 4.90 Å². The third kappa shape index (κ3) is 7.09. The second-order valence-corrected chi connectivity index (χ2v) is 8.85. The smallest absolute Gasteiger partial charge is 0.222 e. The van der Waals surface area contributed by atoms with Crippen LogP contribution in [0.1, 0.15) is 42.9 Å². The molecule has 2 aromatic rings. The van der Waals surface area contributed by atoms with Crippen LogP contribution in [0.15, 0.2) is 53.5 Å². The highest BCUT2D eigenvalue weighted by Gasteiger charge is 2.23. The minimum Gasteiger partial charge on any atom is -0.369 e. The minimum absolute atomic E-state index is 0. The molecule has 1 unspecified atom stereocenters. The number of carbonyl (C=O) groups is 1. The predicted molar refractivity (Wildman–Crippen MR) is 146 cm³/mol. The van der Waals surface area contributed by atoms with Crippen molar-refractivity contribution in [2.75, 3.05) is 31.1 Å². The number of guanidine groups is 1. The highest BCUT2D eigenvalue weighted by Crippen LogP contribution is 2.21. The zero-order valence-corrected chi connectivity index (χ0v) is 22.0. The number of benzene rings is 2. The first-order valence-corrected chi connectivity index (χ1v) is 11.8. The van der Waals surface area contributed by atoms with Crippen molar-refractivity contribution in [2.24, 2.45) is 4.99 Å². The number of nitrogens with zero attached hydrogens (tertiary/aromatic N) is 3. The maximum atomic E-state index is 11.9. The van der Waals surface area contributed by atoms with Crippen LogP contribution < -0.4 is 15.5 Å². The van der Waals surface area contributed by atoms with Crippen LogP contribution in [0.25, 0.3) is 0 Å². The molecule has 1 amide bonds. The van der Waals surface area contributed by atoms with Crippen molar-refractivity contribution in [3.63, 3.8) is 0 Å². The lowest BCUT2D eigenvalue weighted by molar-refractivity contribution is -0.128. The molecule has 1 atom stereocenters. The molecule has 178 valence electrons. The molecule has 2 aliphatic heterocycles. The van der Waals surface area contributed by atoms with E-state index < -0.39 is 0 Å². The van der Waals surface area contributed by atoms with Gasteiger partial charge in [-0.15, -0.1) is 24.0 Å².